The molecule has 0 bridgehead atoms. The summed E-state index contributed by atoms with van der Waals surface area (Å²) in [5, 5.41) is 2.71. The summed E-state index contributed by atoms with van der Waals surface area (Å²) >= 11 is 0. The van der Waals surface area contributed by atoms with Crippen molar-refractivity contribution in [2.45, 2.75) is 24.7 Å². The summed E-state index contributed by atoms with van der Waals surface area (Å²) in [6.07, 6.45) is 1.59. The number of rotatable bonds is 10. The van der Waals surface area contributed by atoms with Gasteiger partial charge in [0.05, 0.1) is 16.1 Å². The Labute approximate surface area is 200 Å². The first-order valence-electron chi connectivity index (χ1n) is 10.9. The van der Waals surface area contributed by atoms with Gasteiger partial charge >= 0.3 is 5.97 Å². The van der Waals surface area contributed by atoms with E-state index in [-0.39, 0.29) is 10.5 Å². The highest BCUT2D eigenvalue weighted by Gasteiger charge is 2.23. The molecule has 0 saturated heterocycles. The first-order valence-corrected chi connectivity index (χ1v) is 12.3. The Morgan fingerprint density at radius 3 is 2.35 bits per heavy atom. The molecule has 0 aliphatic heterocycles. The van der Waals surface area contributed by atoms with Gasteiger partial charge in [0.1, 0.15) is 0 Å². The fourth-order valence-electron chi connectivity index (χ4n) is 3.27. The van der Waals surface area contributed by atoms with Crippen LogP contribution in [0.5, 0.6) is 0 Å². The van der Waals surface area contributed by atoms with Crippen molar-refractivity contribution in [1.29, 1.82) is 0 Å². The molecule has 1 N–H and O–H groups in total. The number of anilines is 1. The average molecular weight is 481 g/mol. The third kappa shape index (κ3) is 6.68. The molecule has 7 nitrogen and oxygen atoms in total. The van der Waals surface area contributed by atoms with Gasteiger partial charge in [-0.3, -0.25) is 9.10 Å². The molecule has 0 heterocycles. The Morgan fingerprint density at radius 2 is 1.65 bits per heavy atom. The quantitative estimate of drug-likeness (QED) is 0.353. The Morgan fingerprint density at radius 1 is 0.941 bits per heavy atom. The zero-order valence-electron chi connectivity index (χ0n) is 19.2. The first-order chi connectivity index (χ1) is 16.3. The van der Waals surface area contributed by atoms with Gasteiger partial charge in [-0.25, -0.2) is 13.2 Å². The molecule has 3 aromatic carbocycles. The highest BCUT2D eigenvalue weighted by Crippen LogP contribution is 2.23. The second-order valence-corrected chi connectivity index (χ2v) is 9.82. The highest BCUT2D eigenvalue weighted by molar-refractivity contribution is 7.92. The van der Waals surface area contributed by atoms with E-state index >= 15 is 0 Å². The van der Waals surface area contributed by atoms with Gasteiger partial charge in [-0.15, -0.1) is 0 Å². The maximum atomic E-state index is 13.0. The molecule has 3 aromatic rings. The van der Waals surface area contributed by atoms with Crippen LogP contribution in [0.4, 0.5) is 5.69 Å². The Balaban J connectivity index is 1.53. The normalized spacial score (nSPS) is 11.0. The molecule has 3 rings (SSSR count). The summed E-state index contributed by atoms with van der Waals surface area (Å²) in [5.74, 6) is -1.18. The van der Waals surface area contributed by atoms with Gasteiger partial charge < -0.3 is 10.1 Å². The monoisotopic (exact) mass is 480 g/mol. The Hall–Kier alpha value is -3.65. The molecule has 0 fully saturated rings. The lowest BCUT2D eigenvalue weighted by Crippen LogP contribution is -2.30. The number of ether oxygens (including phenoxy) is 1. The number of sulfonamides is 1. The number of esters is 1. The molecule has 0 spiro atoms. The third-order valence-electron chi connectivity index (χ3n) is 5.27. The van der Waals surface area contributed by atoms with Crippen LogP contribution in [0, 0.1) is 6.92 Å². The second kappa shape index (κ2) is 11.5. The van der Waals surface area contributed by atoms with E-state index in [1.54, 1.807) is 12.1 Å². The molecular formula is C26H28N2O5S. The number of hydrogen-bond donors (Lipinski definition) is 1. The first kappa shape index (κ1) is 25.0. The summed E-state index contributed by atoms with van der Waals surface area (Å²) < 4.78 is 32.3. The van der Waals surface area contributed by atoms with Crippen molar-refractivity contribution >= 4 is 27.6 Å². The number of nitrogens with one attached hydrogen (secondary N) is 1. The van der Waals surface area contributed by atoms with Crippen molar-refractivity contribution in [3.05, 3.63) is 95.6 Å². The van der Waals surface area contributed by atoms with E-state index in [9.17, 15) is 18.0 Å². The van der Waals surface area contributed by atoms with Gasteiger partial charge in [0.2, 0.25) is 0 Å². The van der Waals surface area contributed by atoms with Gasteiger partial charge in [-0.05, 0) is 55.7 Å². The van der Waals surface area contributed by atoms with Crippen LogP contribution < -0.4 is 9.62 Å². The van der Waals surface area contributed by atoms with Crippen molar-refractivity contribution in [2.24, 2.45) is 0 Å². The minimum Gasteiger partial charge on any atom is -0.452 e. The summed E-state index contributed by atoms with van der Waals surface area (Å²) in [6.45, 7) is 1.94. The van der Waals surface area contributed by atoms with Crippen LogP contribution in [0.3, 0.4) is 0 Å². The summed E-state index contributed by atoms with van der Waals surface area (Å²) in [4.78, 5) is 24.4. The fourth-order valence-corrected chi connectivity index (χ4v) is 4.51. The van der Waals surface area contributed by atoms with Crippen LogP contribution in [0.15, 0.2) is 83.8 Å². The van der Waals surface area contributed by atoms with Crippen LogP contribution >= 0.6 is 0 Å². The molecule has 0 aromatic heterocycles. The van der Waals surface area contributed by atoms with Gasteiger partial charge in [0.15, 0.2) is 6.61 Å². The number of nitrogens with zero attached hydrogens (tertiary/aromatic N) is 1. The molecule has 0 unspecified atom stereocenters. The highest BCUT2D eigenvalue weighted by atomic mass is 32.2. The van der Waals surface area contributed by atoms with E-state index in [0.717, 1.165) is 22.7 Å². The molecule has 1 amide bonds. The smallest absolute Gasteiger partial charge is 0.338 e. The molecule has 34 heavy (non-hydrogen) atoms. The molecule has 0 aliphatic rings. The average Bonchev–Trinajstić information content (AvgIpc) is 2.86. The molecule has 0 atom stereocenters. The topological polar surface area (TPSA) is 92.8 Å². The Bertz CT molecular complexity index is 1230. The van der Waals surface area contributed by atoms with Crippen LogP contribution in [0.25, 0.3) is 0 Å². The van der Waals surface area contributed by atoms with Crippen molar-refractivity contribution in [1.82, 2.24) is 5.32 Å². The minimum atomic E-state index is -3.88. The zero-order chi connectivity index (χ0) is 24.6. The van der Waals surface area contributed by atoms with E-state index in [1.807, 2.05) is 49.4 Å². The van der Waals surface area contributed by atoms with Crippen LogP contribution in [0.2, 0.25) is 0 Å². The van der Waals surface area contributed by atoms with Gasteiger partial charge in [0, 0.05) is 13.6 Å². The van der Waals surface area contributed by atoms with Gasteiger partial charge in [0.25, 0.3) is 15.9 Å². The van der Waals surface area contributed by atoms with E-state index in [2.05, 4.69) is 5.32 Å². The van der Waals surface area contributed by atoms with E-state index in [4.69, 9.17) is 4.74 Å². The fraction of sp³-hybridized carbons (Fsp3) is 0.231. The molecule has 178 valence electrons. The maximum Gasteiger partial charge on any atom is 0.338 e. The molecule has 0 radical (unpaired) electrons. The molecular weight excluding hydrogens is 452 g/mol. The van der Waals surface area contributed by atoms with Gasteiger partial charge in [-0.2, -0.15) is 0 Å². The molecule has 8 heteroatoms. The largest absolute Gasteiger partial charge is 0.452 e. The van der Waals surface area contributed by atoms with Crippen molar-refractivity contribution in [3.63, 3.8) is 0 Å². The lowest BCUT2D eigenvalue weighted by molar-refractivity contribution is -0.124. The Kier molecular flexibility index (Phi) is 8.43. The number of benzene rings is 3. The zero-order valence-corrected chi connectivity index (χ0v) is 20.0. The predicted octanol–water partition coefficient (Wildman–Crippen LogP) is 3.73. The number of amides is 1. The van der Waals surface area contributed by atoms with Crippen LogP contribution in [0.1, 0.15) is 27.9 Å². The number of carbonyl (C=O) groups is 2. The lowest BCUT2D eigenvalue weighted by atomic mass is 10.1. The maximum absolute atomic E-state index is 13.0. The van der Waals surface area contributed by atoms with Crippen molar-refractivity contribution in [2.75, 3.05) is 24.5 Å². The number of hydrogen-bond acceptors (Lipinski definition) is 5. The van der Waals surface area contributed by atoms with E-state index in [0.29, 0.717) is 12.2 Å². The number of aryl methyl sites for hydroxylation is 2. The molecule has 0 saturated carbocycles. The van der Waals surface area contributed by atoms with Gasteiger partial charge in [-0.1, -0.05) is 54.1 Å². The standard InChI is InChI=1S/C26H28N2O5S/c1-20-13-15-23(16-14-20)28(2)34(31,32)24-12-6-11-22(18-24)26(30)33-19-25(29)27-17-7-10-21-8-4-3-5-9-21/h3-6,8-9,11-16,18H,7,10,17,19H2,1-2H3,(H,27,29). The molecule has 0 aliphatic carbocycles. The summed E-state index contributed by atoms with van der Waals surface area (Å²) in [6, 6.07) is 22.6. The van der Waals surface area contributed by atoms with E-state index in [1.165, 1.54) is 36.9 Å². The predicted molar refractivity (Wildman–Crippen MR) is 131 cm³/mol. The second-order valence-electron chi connectivity index (χ2n) is 7.85. The SMILES string of the molecule is Cc1ccc(N(C)S(=O)(=O)c2cccc(C(=O)OCC(=O)NCCCc3ccccc3)c2)cc1. The van der Waals surface area contributed by atoms with Crippen LogP contribution in [-0.2, 0) is 26.0 Å². The summed E-state index contributed by atoms with van der Waals surface area (Å²) in [7, 11) is -2.43. The van der Waals surface area contributed by atoms with Crippen LogP contribution in [-0.4, -0.2) is 40.5 Å². The summed E-state index contributed by atoms with van der Waals surface area (Å²) in [5.41, 5.74) is 2.75. The van der Waals surface area contributed by atoms with Crippen molar-refractivity contribution < 1.29 is 22.7 Å². The number of carbonyl (C=O) groups excluding carboxylic acids is 2. The van der Waals surface area contributed by atoms with E-state index < -0.39 is 28.5 Å². The van der Waals surface area contributed by atoms with Crippen molar-refractivity contribution in [3.8, 4) is 0 Å². The lowest BCUT2D eigenvalue weighted by Gasteiger charge is -2.20. The third-order valence-corrected chi connectivity index (χ3v) is 7.05. The minimum absolute atomic E-state index is 0.0459.